The molecule has 3 rings (SSSR count). The van der Waals surface area contributed by atoms with E-state index in [0.29, 0.717) is 0 Å². The zero-order valence-electron chi connectivity index (χ0n) is 9.81. The Bertz CT molecular complexity index is 701. The normalized spacial score (nSPS) is 13.1. The molecule has 1 atom stereocenters. The van der Waals surface area contributed by atoms with Crippen molar-refractivity contribution in [2.45, 2.75) is 13.0 Å². The number of fused-ring (bicyclic) bond motifs is 1. The average Bonchev–Trinajstić information content (AvgIpc) is 2.94. The Hall–Kier alpha value is -1.10. The van der Waals surface area contributed by atoms with Gasteiger partial charge in [0, 0.05) is 25.7 Å². The molecular formula is C14H12BrNOS. The van der Waals surface area contributed by atoms with Crippen molar-refractivity contribution in [1.29, 1.82) is 0 Å². The fourth-order valence-corrected chi connectivity index (χ4v) is 3.55. The lowest BCUT2D eigenvalue weighted by atomic mass is 10.1. The first-order chi connectivity index (χ1) is 8.66. The van der Waals surface area contributed by atoms with Crippen LogP contribution in [0.25, 0.3) is 11.0 Å². The zero-order chi connectivity index (χ0) is 12.7. The number of hydrogen-bond acceptors (Lipinski definition) is 3. The van der Waals surface area contributed by atoms with E-state index in [1.807, 2.05) is 29.6 Å². The molecule has 0 amide bonds. The largest absolute Gasteiger partial charge is 0.459 e. The van der Waals surface area contributed by atoms with E-state index in [-0.39, 0.29) is 6.04 Å². The summed E-state index contributed by atoms with van der Waals surface area (Å²) >= 11 is 5.09. The molecule has 92 valence electrons. The zero-order valence-corrected chi connectivity index (χ0v) is 12.2. The standard InChI is InChI=1S/C14H12BrNOS/c1-8-10-4-2-3-5-11(10)17-14(8)13(16)12-6-9(15)7-18-12/h2-7,13H,16H2,1H3. The molecule has 2 N–H and O–H groups in total. The summed E-state index contributed by atoms with van der Waals surface area (Å²) in [7, 11) is 0. The molecule has 1 unspecified atom stereocenters. The number of hydrogen-bond donors (Lipinski definition) is 1. The fourth-order valence-electron chi connectivity index (χ4n) is 2.11. The number of furan rings is 1. The van der Waals surface area contributed by atoms with Gasteiger partial charge in [0.15, 0.2) is 0 Å². The quantitative estimate of drug-likeness (QED) is 0.748. The highest BCUT2D eigenvalue weighted by atomic mass is 79.9. The Labute approximate surface area is 118 Å². The summed E-state index contributed by atoms with van der Waals surface area (Å²) in [4.78, 5) is 1.10. The summed E-state index contributed by atoms with van der Waals surface area (Å²) in [6.07, 6.45) is 0. The summed E-state index contributed by atoms with van der Waals surface area (Å²) in [5, 5.41) is 3.17. The van der Waals surface area contributed by atoms with E-state index in [1.54, 1.807) is 11.3 Å². The summed E-state index contributed by atoms with van der Waals surface area (Å²) in [6, 6.07) is 9.87. The van der Waals surface area contributed by atoms with Gasteiger partial charge >= 0.3 is 0 Å². The predicted octanol–water partition coefficient (Wildman–Crippen LogP) is 4.61. The van der Waals surface area contributed by atoms with Crippen molar-refractivity contribution in [3.63, 3.8) is 0 Å². The van der Waals surface area contributed by atoms with Gasteiger partial charge in [-0.15, -0.1) is 11.3 Å². The van der Waals surface area contributed by atoms with Gasteiger partial charge in [0.2, 0.25) is 0 Å². The molecular weight excluding hydrogens is 310 g/mol. The minimum absolute atomic E-state index is 0.200. The van der Waals surface area contributed by atoms with Gasteiger partial charge < -0.3 is 10.2 Å². The fraction of sp³-hybridized carbons (Fsp3) is 0.143. The number of halogens is 1. The van der Waals surface area contributed by atoms with E-state index in [0.717, 1.165) is 31.6 Å². The molecule has 2 heterocycles. The minimum atomic E-state index is -0.200. The number of para-hydroxylation sites is 1. The van der Waals surface area contributed by atoms with E-state index in [2.05, 4.69) is 28.9 Å². The molecule has 3 aromatic rings. The molecule has 4 heteroatoms. The Balaban J connectivity index is 2.11. The van der Waals surface area contributed by atoms with Crippen LogP contribution in [-0.2, 0) is 0 Å². The third-order valence-electron chi connectivity index (χ3n) is 3.06. The van der Waals surface area contributed by atoms with Crippen molar-refractivity contribution in [2.24, 2.45) is 5.73 Å². The second-order valence-electron chi connectivity index (χ2n) is 4.23. The van der Waals surface area contributed by atoms with Crippen molar-refractivity contribution < 1.29 is 4.42 Å². The average molecular weight is 322 g/mol. The van der Waals surface area contributed by atoms with Gasteiger partial charge in [-0.25, -0.2) is 0 Å². The van der Waals surface area contributed by atoms with E-state index >= 15 is 0 Å². The van der Waals surface area contributed by atoms with Crippen molar-refractivity contribution in [2.75, 3.05) is 0 Å². The number of thiophene rings is 1. The van der Waals surface area contributed by atoms with Gasteiger partial charge in [0.1, 0.15) is 11.3 Å². The minimum Gasteiger partial charge on any atom is -0.459 e. The molecule has 0 fully saturated rings. The number of aryl methyl sites for hydroxylation is 1. The summed E-state index contributed by atoms with van der Waals surface area (Å²) in [5.41, 5.74) is 8.32. The Morgan fingerprint density at radius 1 is 1.33 bits per heavy atom. The topological polar surface area (TPSA) is 39.2 Å². The lowest BCUT2D eigenvalue weighted by molar-refractivity contribution is 0.524. The molecule has 0 spiro atoms. The first-order valence-corrected chi connectivity index (χ1v) is 7.31. The van der Waals surface area contributed by atoms with E-state index < -0.39 is 0 Å². The lowest BCUT2D eigenvalue weighted by Gasteiger charge is -2.07. The molecule has 0 radical (unpaired) electrons. The van der Waals surface area contributed by atoms with Gasteiger partial charge in [-0.3, -0.25) is 0 Å². The molecule has 0 saturated carbocycles. The van der Waals surface area contributed by atoms with Crippen molar-refractivity contribution in [3.05, 3.63) is 56.4 Å². The maximum absolute atomic E-state index is 6.29. The van der Waals surface area contributed by atoms with Crippen LogP contribution in [0.5, 0.6) is 0 Å². The molecule has 0 bridgehead atoms. The maximum atomic E-state index is 6.29. The van der Waals surface area contributed by atoms with Crippen molar-refractivity contribution in [3.8, 4) is 0 Å². The number of benzene rings is 1. The number of nitrogens with two attached hydrogens (primary N) is 1. The van der Waals surface area contributed by atoms with Crippen LogP contribution < -0.4 is 5.73 Å². The smallest absolute Gasteiger partial charge is 0.134 e. The first kappa shape index (κ1) is 12.0. The Morgan fingerprint density at radius 2 is 2.11 bits per heavy atom. The van der Waals surface area contributed by atoms with Crippen molar-refractivity contribution in [1.82, 2.24) is 0 Å². The summed E-state index contributed by atoms with van der Waals surface area (Å²) in [6.45, 7) is 2.06. The van der Waals surface area contributed by atoms with Crippen LogP contribution in [0, 0.1) is 6.92 Å². The first-order valence-electron chi connectivity index (χ1n) is 5.64. The van der Waals surface area contributed by atoms with Crippen LogP contribution in [0.3, 0.4) is 0 Å². The molecule has 1 aromatic carbocycles. The van der Waals surface area contributed by atoms with Gasteiger partial charge in [-0.2, -0.15) is 0 Å². The van der Waals surface area contributed by atoms with Crippen LogP contribution in [0.1, 0.15) is 22.2 Å². The number of rotatable bonds is 2. The van der Waals surface area contributed by atoms with E-state index in [4.69, 9.17) is 10.2 Å². The highest BCUT2D eigenvalue weighted by Gasteiger charge is 2.19. The van der Waals surface area contributed by atoms with Crippen LogP contribution in [0.2, 0.25) is 0 Å². The molecule has 0 aliphatic heterocycles. The van der Waals surface area contributed by atoms with E-state index in [9.17, 15) is 0 Å². The highest BCUT2D eigenvalue weighted by molar-refractivity contribution is 9.10. The van der Waals surface area contributed by atoms with E-state index in [1.165, 1.54) is 0 Å². The molecule has 2 aromatic heterocycles. The van der Waals surface area contributed by atoms with Gasteiger partial charge in [0.25, 0.3) is 0 Å². The third-order valence-corrected chi connectivity index (χ3v) is 4.83. The lowest BCUT2D eigenvalue weighted by Crippen LogP contribution is -2.10. The molecule has 0 aliphatic carbocycles. The van der Waals surface area contributed by atoms with Gasteiger partial charge in [-0.05, 0) is 35.0 Å². The van der Waals surface area contributed by atoms with Crippen LogP contribution >= 0.6 is 27.3 Å². The monoisotopic (exact) mass is 321 g/mol. The molecule has 18 heavy (non-hydrogen) atoms. The summed E-state index contributed by atoms with van der Waals surface area (Å²) in [5.74, 6) is 0.852. The predicted molar refractivity (Wildman–Crippen MR) is 79.0 cm³/mol. The Kier molecular flexibility index (Phi) is 3.01. The van der Waals surface area contributed by atoms with Crippen LogP contribution in [0.15, 0.2) is 44.6 Å². The SMILES string of the molecule is Cc1c(C(N)c2cc(Br)cs2)oc2ccccc12. The maximum Gasteiger partial charge on any atom is 0.134 e. The van der Waals surface area contributed by atoms with Crippen LogP contribution in [0.4, 0.5) is 0 Å². The molecule has 0 aliphatic rings. The summed E-state index contributed by atoms with van der Waals surface area (Å²) < 4.78 is 6.95. The highest BCUT2D eigenvalue weighted by Crippen LogP contribution is 2.34. The van der Waals surface area contributed by atoms with Crippen molar-refractivity contribution >= 4 is 38.2 Å². The second kappa shape index (κ2) is 4.53. The van der Waals surface area contributed by atoms with Gasteiger partial charge in [0.05, 0.1) is 6.04 Å². The second-order valence-corrected chi connectivity index (χ2v) is 6.09. The van der Waals surface area contributed by atoms with Crippen LogP contribution in [-0.4, -0.2) is 0 Å². The molecule has 0 saturated heterocycles. The third kappa shape index (κ3) is 1.90. The Morgan fingerprint density at radius 3 is 2.78 bits per heavy atom. The molecule has 2 nitrogen and oxygen atoms in total. The van der Waals surface area contributed by atoms with Gasteiger partial charge in [-0.1, -0.05) is 18.2 Å².